The van der Waals surface area contributed by atoms with Crippen molar-refractivity contribution in [2.24, 2.45) is 0 Å². The lowest BCUT2D eigenvalue weighted by atomic mass is 9.94. The van der Waals surface area contributed by atoms with Crippen molar-refractivity contribution in [3.63, 3.8) is 0 Å². The second kappa shape index (κ2) is 5.35. The Kier molecular flexibility index (Phi) is 3.43. The zero-order valence-electron chi connectivity index (χ0n) is 12.7. The Morgan fingerprint density at radius 2 is 2.26 bits per heavy atom. The number of halogens is 2. The van der Waals surface area contributed by atoms with E-state index in [-0.39, 0.29) is 24.5 Å². The van der Waals surface area contributed by atoms with Gasteiger partial charge in [-0.1, -0.05) is 18.5 Å². The first-order chi connectivity index (χ1) is 11.1. The molecule has 1 fully saturated rings. The van der Waals surface area contributed by atoms with E-state index in [2.05, 4.69) is 4.98 Å². The van der Waals surface area contributed by atoms with E-state index in [1.807, 2.05) is 6.92 Å². The third kappa shape index (κ3) is 2.11. The Bertz CT molecular complexity index is 850. The van der Waals surface area contributed by atoms with Crippen LogP contribution < -0.4 is 5.73 Å². The number of nitrogens with zero attached hydrogens (tertiary/aromatic N) is 1. The van der Waals surface area contributed by atoms with Crippen molar-refractivity contribution in [1.82, 2.24) is 4.98 Å². The summed E-state index contributed by atoms with van der Waals surface area (Å²) >= 11 is 6.33. The molecule has 0 spiro atoms. The molecule has 120 valence electrons. The van der Waals surface area contributed by atoms with Gasteiger partial charge in [0.25, 0.3) is 0 Å². The minimum Gasteiger partial charge on any atom is -0.469 e. The van der Waals surface area contributed by atoms with Gasteiger partial charge in [0, 0.05) is 16.5 Å². The number of nitrogen functional groups attached to an aromatic ring is 1. The van der Waals surface area contributed by atoms with Crippen LogP contribution in [0.5, 0.6) is 0 Å². The van der Waals surface area contributed by atoms with Crippen LogP contribution in [0, 0.1) is 5.82 Å². The summed E-state index contributed by atoms with van der Waals surface area (Å²) in [5, 5.41) is 1.13. The van der Waals surface area contributed by atoms with E-state index in [0.717, 1.165) is 28.7 Å². The highest BCUT2D eigenvalue weighted by Gasteiger charge is 2.35. The van der Waals surface area contributed by atoms with Gasteiger partial charge >= 0.3 is 0 Å². The normalized spacial score (nSPS) is 20.2. The zero-order valence-corrected chi connectivity index (χ0v) is 13.4. The molecular weight excluding hydrogens is 319 g/mol. The van der Waals surface area contributed by atoms with Crippen LogP contribution in [0.4, 0.5) is 10.2 Å². The van der Waals surface area contributed by atoms with Crippen molar-refractivity contribution in [1.29, 1.82) is 0 Å². The highest BCUT2D eigenvalue weighted by molar-refractivity contribution is 6.34. The molecule has 0 amide bonds. The van der Waals surface area contributed by atoms with Gasteiger partial charge in [0.05, 0.1) is 10.5 Å². The molecule has 2 heterocycles. The first-order valence-electron chi connectivity index (χ1n) is 7.65. The lowest BCUT2D eigenvalue weighted by Crippen LogP contribution is -2.03. The molecule has 1 saturated heterocycles. The van der Waals surface area contributed by atoms with Gasteiger partial charge in [0.2, 0.25) is 0 Å². The largest absolute Gasteiger partial charge is 0.469 e. The number of hydrogen-bond donors (Lipinski definition) is 1. The Morgan fingerprint density at radius 3 is 3.04 bits per heavy atom. The maximum atomic E-state index is 14.7. The summed E-state index contributed by atoms with van der Waals surface area (Å²) in [5.41, 5.74) is 8.74. The Balaban J connectivity index is 2.09. The van der Waals surface area contributed by atoms with Gasteiger partial charge in [-0.25, -0.2) is 9.37 Å². The number of nitrogens with two attached hydrogens (primary N) is 1. The molecule has 1 aliphatic heterocycles. The van der Waals surface area contributed by atoms with Crippen LogP contribution in [-0.2, 0) is 15.9 Å². The van der Waals surface area contributed by atoms with Crippen molar-refractivity contribution in [3.8, 4) is 0 Å². The number of allylic oxidation sites excluding steroid dienone is 1. The van der Waals surface area contributed by atoms with E-state index >= 15 is 0 Å². The van der Waals surface area contributed by atoms with Crippen LogP contribution in [0.1, 0.15) is 30.9 Å². The van der Waals surface area contributed by atoms with Crippen LogP contribution in [0.25, 0.3) is 16.5 Å². The highest BCUT2D eigenvalue weighted by Crippen LogP contribution is 2.44. The SMILES string of the molecule is CCc1c(Cl)c(N)nc2ccc(F)c(C3=C4OCOC4CC3)c12. The average molecular weight is 335 g/mol. The number of ether oxygens (including phenoxy) is 2. The third-order valence-corrected chi connectivity index (χ3v) is 4.97. The van der Waals surface area contributed by atoms with E-state index < -0.39 is 0 Å². The third-order valence-electron chi connectivity index (χ3n) is 4.55. The number of hydrogen-bond acceptors (Lipinski definition) is 4. The number of rotatable bonds is 2. The van der Waals surface area contributed by atoms with Crippen molar-refractivity contribution in [2.45, 2.75) is 32.3 Å². The minimum atomic E-state index is -0.298. The van der Waals surface area contributed by atoms with E-state index in [4.69, 9.17) is 26.8 Å². The van der Waals surface area contributed by atoms with Gasteiger partial charge in [-0.05, 0) is 37.0 Å². The molecule has 2 aliphatic rings. The van der Waals surface area contributed by atoms with Crippen molar-refractivity contribution in [2.75, 3.05) is 12.5 Å². The highest BCUT2D eigenvalue weighted by atomic mass is 35.5. The summed E-state index contributed by atoms with van der Waals surface area (Å²) in [5.74, 6) is 0.718. The average Bonchev–Trinajstić information content (AvgIpc) is 3.13. The van der Waals surface area contributed by atoms with E-state index in [1.54, 1.807) is 6.07 Å². The van der Waals surface area contributed by atoms with Gasteiger partial charge in [-0.2, -0.15) is 0 Å². The summed E-state index contributed by atoms with van der Waals surface area (Å²) in [6, 6.07) is 3.07. The predicted octanol–water partition coefficient (Wildman–Crippen LogP) is 4.05. The number of benzene rings is 1. The Hall–Kier alpha value is -1.85. The molecule has 1 unspecified atom stereocenters. The molecule has 0 bridgehead atoms. The predicted molar refractivity (Wildman–Crippen MR) is 87.5 cm³/mol. The fourth-order valence-corrected chi connectivity index (χ4v) is 3.80. The van der Waals surface area contributed by atoms with Crippen LogP contribution >= 0.6 is 11.6 Å². The molecule has 0 saturated carbocycles. The molecule has 2 N–H and O–H groups in total. The maximum Gasteiger partial charge on any atom is 0.189 e. The summed E-state index contributed by atoms with van der Waals surface area (Å²) in [6.07, 6.45) is 2.09. The topological polar surface area (TPSA) is 57.4 Å². The first kappa shape index (κ1) is 14.7. The molecule has 4 rings (SSSR count). The quantitative estimate of drug-likeness (QED) is 0.900. The van der Waals surface area contributed by atoms with Crippen LogP contribution in [0.2, 0.25) is 5.02 Å². The van der Waals surface area contributed by atoms with E-state index in [9.17, 15) is 4.39 Å². The fraction of sp³-hybridized carbons (Fsp3) is 0.353. The smallest absolute Gasteiger partial charge is 0.189 e. The van der Waals surface area contributed by atoms with E-state index in [1.165, 1.54) is 6.07 Å². The number of fused-ring (bicyclic) bond motifs is 2. The maximum absolute atomic E-state index is 14.7. The van der Waals surface area contributed by atoms with Crippen molar-refractivity contribution >= 4 is 33.9 Å². The molecule has 6 heteroatoms. The van der Waals surface area contributed by atoms with Crippen molar-refractivity contribution < 1.29 is 13.9 Å². The van der Waals surface area contributed by atoms with Gasteiger partial charge in [0.1, 0.15) is 23.5 Å². The summed E-state index contributed by atoms with van der Waals surface area (Å²) in [6.45, 7) is 2.20. The monoisotopic (exact) mass is 334 g/mol. The number of aryl methyl sites for hydroxylation is 1. The number of aromatic nitrogens is 1. The summed E-state index contributed by atoms with van der Waals surface area (Å²) in [7, 11) is 0. The molecule has 4 nitrogen and oxygen atoms in total. The lowest BCUT2D eigenvalue weighted by molar-refractivity contribution is 0.0464. The van der Waals surface area contributed by atoms with Gasteiger partial charge in [-0.15, -0.1) is 0 Å². The lowest BCUT2D eigenvalue weighted by Gasteiger charge is -2.15. The Morgan fingerprint density at radius 1 is 1.43 bits per heavy atom. The minimum absolute atomic E-state index is 0.0676. The summed E-state index contributed by atoms with van der Waals surface area (Å²) < 4.78 is 25.8. The van der Waals surface area contributed by atoms with Gasteiger partial charge in [0.15, 0.2) is 6.79 Å². The molecule has 0 radical (unpaired) electrons. The zero-order chi connectivity index (χ0) is 16.1. The number of anilines is 1. The molecule has 1 aliphatic carbocycles. The second-order valence-corrected chi connectivity index (χ2v) is 6.14. The van der Waals surface area contributed by atoms with Gasteiger partial charge < -0.3 is 15.2 Å². The van der Waals surface area contributed by atoms with Crippen LogP contribution in [0.15, 0.2) is 17.9 Å². The first-order valence-corrected chi connectivity index (χ1v) is 8.03. The molecule has 1 aromatic heterocycles. The summed E-state index contributed by atoms with van der Waals surface area (Å²) in [4.78, 5) is 4.33. The van der Waals surface area contributed by atoms with Crippen LogP contribution in [0.3, 0.4) is 0 Å². The standard InChI is InChI=1S/C17H16ClFN2O2/c1-2-8-14-11(21-17(20)15(8)18)5-4-10(19)13(14)9-3-6-12-16(9)23-7-22-12/h4-5,12H,2-3,6-7H2,1H3,(H2,20,21). The molecule has 1 aromatic carbocycles. The Labute approximate surface area is 138 Å². The molecule has 2 aromatic rings. The van der Waals surface area contributed by atoms with Gasteiger partial charge in [-0.3, -0.25) is 0 Å². The molecule has 1 atom stereocenters. The van der Waals surface area contributed by atoms with E-state index in [0.29, 0.717) is 28.9 Å². The van der Waals surface area contributed by atoms with Crippen LogP contribution in [-0.4, -0.2) is 17.9 Å². The number of pyridine rings is 1. The van der Waals surface area contributed by atoms with Crippen molar-refractivity contribution in [3.05, 3.63) is 39.9 Å². The second-order valence-electron chi connectivity index (χ2n) is 5.76. The molecular formula is C17H16ClFN2O2. The fourth-order valence-electron chi connectivity index (χ4n) is 3.53. The molecule has 23 heavy (non-hydrogen) atoms.